The fraction of sp³-hybridized carbons (Fsp3) is 0.304. The molecule has 2 aromatic carbocycles. The molecule has 1 aromatic heterocycles. The molecule has 0 aliphatic carbocycles. The summed E-state index contributed by atoms with van der Waals surface area (Å²) in [6.45, 7) is 6.67. The van der Waals surface area contributed by atoms with Crippen LogP contribution < -0.4 is 4.74 Å². The van der Waals surface area contributed by atoms with Crippen LogP contribution in [0.15, 0.2) is 42.5 Å². The maximum Gasteiger partial charge on any atom is 0.573 e. The first-order valence-electron chi connectivity index (χ1n) is 9.75. The number of ether oxygens (including phenoxy) is 1. The quantitative estimate of drug-likeness (QED) is 0.556. The van der Waals surface area contributed by atoms with Gasteiger partial charge in [0.15, 0.2) is 0 Å². The van der Waals surface area contributed by atoms with Gasteiger partial charge in [-0.3, -0.25) is 14.2 Å². The second kappa shape index (κ2) is 7.89. The number of halogens is 3. The summed E-state index contributed by atoms with van der Waals surface area (Å²) in [6, 6.07) is 8.76. The van der Waals surface area contributed by atoms with E-state index in [0.29, 0.717) is 22.2 Å². The van der Waals surface area contributed by atoms with Crippen molar-refractivity contribution in [1.29, 1.82) is 0 Å². The van der Waals surface area contributed by atoms with E-state index in [1.165, 1.54) is 34.9 Å². The molecular formula is C23H22F3NO5. The Balaban J connectivity index is 2.21. The van der Waals surface area contributed by atoms with Gasteiger partial charge in [-0.25, -0.2) is 0 Å². The zero-order valence-corrected chi connectivity index (χ0v) is 17.8. The minimum absolute atomic E-state index is 0.0840. The molecular weight excluding hydrogens is 427 g/mol. The van der Waals surface area contributed by atoms with Gasteiger partial charge in [-0.05, 0) is 67.8 Å². The number of carboxylic acid groups (broad SMARTS) is 1. The number of phenols is 1. The van der Waals surface area contributed by atoms with Gasteiger partial charge in [-0.1, -0.05) is 13.8 Å². The van der Waals surface area contributed by atoms with E-state index in [4.69, 9.17) is 0 Å². The highest BCUT2D eigenvalue weighted by Crippen LogP contribution is 2.42. The molecule has 1 atom stereocenters. The average molecular weight is 449 g/mol. The number of phenolic OH excluding ortho intramolecular Hbond substituents is 1. The van der Waals surface area contributed by atoms with E-state index in [-0.39, 0.29) is 17.2 Å². The maximum atomic E-state index is 13.3. The second-order valence-electron chi connectivity index (χ2n) is 8.04. The van der Waals surface area contributed by atoms with Crippen molar-refractivity contribution in [2.45, 2.75) is 39.5 Å². The van der Waals surface area contributed by atoms with Crippen LogP contribution in [0.4, 0.5) is 13.2 Å². The molecule has 32 heavy (non-hydrogen) atoms. The summed E-state index contributed by atoms with van der Waals surface area (Å²) >= 11 is 0. The highest BCUT2D eigenvalue weighted by atomic mass is 19.4. The molecule has 2 N–H and O–H groups in total. The highest BCUT2D eigenvalue weighted by molar-refractivity contribution is 6.06. The summed E-state index contributed by atoms with van der Waals surface area (Å²) in [6.07, 6.45) is -4.85. The van der Waals surface area contributed by atoms with Crippen molar-refractivity contribution in [2.75, 3.05) is 0 Å². The number of aliphatic carboxylic acids is 1. The summed E-state index contributed by atoms with van der Waals surface area (Å²) in [4.78, 5) is 25.6. The topological polar surface area (TPSA) is 88.8 Å². The lowest BCUT2D eigenvalue weighted by Gasteiger charge is -2.30. The first-order chi connectivity index (χ1) is 14.8. The molecule has 0 fully saturated rings. The van der Waals surface area contributed by atoms with E-state index in [1.807, 2.05) is 0 Å². The van der Waals surface area contributed by atoms with E-state index in [9.17, 15) is 33.0 Å². The van der Waals surface area contributed by atoms with E-state index >= 15 is 0 Å². The molecule has 0 unspecified atom stereocenters. The van der Waals surface area contributed by atoms with Crippen molar-refractivity contribution in [1.82, 2.24) is 4.57 Å². The van der Waals surface area contributed by atoms with Crippen LogP contribution in [0.2, 0.25) is 0 Å². The van der Waals surface area contributed by atoms with Crippen LogP contribution in [0.1, 0.15) is 42.4 Å². The summed E-state index contributed by atoms with van der Waals surface area (Å²) < 4.78 is 42.4. The monoisotopic (exact) mass is 449 g/mol. The SMILES string of the molecule is Cc1c([C@](C)(C(=O)O)C(C)C)c2cc(O)ccc2n1C(=O)c1ccc(OC(F)(F)F)cc1. The first-order valence-corrected chi connectivity index (χ1v) is 9.75. The van der Waals surface area contributed by atoms with Gasteiger partial charge < -0.3 is 14.9 Å². The van der Waals surface area contributed by atoms with Gasteiger partial charge in [0, 0.05) is 16.6 Å². The van der Waals surface area contributed by atoms with Gasteiger partial charge in [-0.2, -0.15) is 0 Å². The van der Waals surface area contributed by atoms with Crippen LogP contribution in [0.3, 0.4) is 0 Å². The highest BCUT2D eigenvalue weighted by Gasteiger charge is 2.43. The maximum absolute atomic E-state index is 13.3. The molecule has 3 aromatic rings. The number of hydrogen-bond acceptors (Lipinski definition) is 4. The number of benzene rings is 2. The molecule has 1 heterocycles. The molecule has 3 rings (SSSR count). The third kappa shape index (κ3) is 3.90. The zero-order valence-electron chi connectivity index (χ0n) is 17.8. The second-order valence-corrected chi connectivity index (χ2v) is 8.04. The normalized spacial score (nSPS) is 13.9. The van der Waals surface area contributed by atoms with Gasteiger partial charge in [0.05, 0.1) is 10.9 Å². The van der Waals surface area contributed by atoms with Crippen LogP contribution in [-0.4, -0.2) is 33.0 Å². The molecule has 0 saturated heterocycles. The molecule has 0 saturated carbocycles. The molecule has 6 nitrogen and oxygen atoms in total. The number of rotatable bonds is 5. The summed E-state index contributed by atoms with van der Waals surface area (Å²) in [7, 11) is 0. The molecule has 0 aliphatic heterocycles. The van der Waals surface area contributed by atoms with Crippen LogP contribution in [-0.2, 0) is 10.2 Å². The van der Waals surface area contributed by atoms with Crippen molar-refractivity contribution in [2.24, 2.45) is 5.92 Å². The van der Waals surface area contributed by atoms with E-state index < -0.39 is 29.4 Å². The van der Waals surface area contributed by atoms with Crippen LogP contribution in [0.25, 0.3) is 10.9 Å². The molecule has 0 aliphatic rings. The number of carbonyl (C=O) groups is 2. The molecule has 0 bridgehead atoms. The van der Waals surface area contributed by atoms with Gasteiger partial charge in [0.2, 0.25) is 0 Å². The van der Waals surface area contributed by atoms with E-state index in [0.717, 1.165) is 12.1 Å². The van der Waals surface area contributed by atoms with Gasteiger partial charge in [0.1, 0.15) is 11.5 Å². The number of carboxylic acids is 1. The Bertz CT molecular complexity index is 1200. The Morgan fingerprint density at radius 1 is 1.06 bits per heavy atom. The first kappa shape index (κ1) is 23.2. The standard InChI is InChI=1S/C23H22F3NO5/c1-12(2)22(4,21(30)31)19-13(3)27(18-10-7-15(28)11-17(18)19)20(29)14-5-8-16(9-6-14)32-23(24,25)26/h5-12,28H,1-4H3,(H,30,31)/t22-/m1/s1. The lowest BCUT2D eigenvalue weighted by atomic mass is 9.72. The van der Waals surface area contributed by atoms with Crippen molar-refractivity contribution in [3.63, 3.8) is 0 Å². The van der Waals surface area contributed by atoms with Crippen molar-refractivity contribution < 1.29 is 37.7 Å². The van der Waals surface area contributed by atoms with Gasteiger partial charge in [0.25, 0.3) is 5.91 Å². The van der Waals surface area contributed by atoms with Crippen molar-refractivity contribution >= 4 is 22.8 Å². The van der Waals surface area contributed by atoms with Crippen molar-refractivity contribution in [3.8, 4) is 11.5 Å². The smallest absolute Gasteiger partial charge is 0.508 e. The predicted octanol–water partition coefficient (Wildman–Crippen LogP) is 5.24. The van der Waals surface area contributed by atoms with E-state index in [1.54, 1.807) is 27.7 Å². The number of nitrogens with zero attached hydrogens (tertiary/aromatic N) is 1. The Morgan fingerprint density at radius 2 is 1.66 bits per heavy atom. The zero-order chi connectivity index (χ0) is 24.0. The number of alkyl halides is 3. The minimum atomic E-state index is -4.85. The van der Waals surface area contributed by atoms with Crippen LogP contribution >= 0.6 is 0 Å². The molecule has 0 amide bonds. The number of carbonyl (C=O) groups excluding carboxylic acids is 1. The number of aromatic nitrogens is 1. The molecule has 9 heteroatoms. The number of fused-ring (bicyclic) bond motifs is 1. The predicted molar refractivity (Wildman–Crippen MR) is 111 cm³/mol. The lowest BCUT2D eigenvalue weighted by molar-refractivity contribution is -0.274. The van der Waals surface area contributed by atoms with Crippen LogP contribution in [0, 0.1) is 12.8 Å². The van der Waals surface area contributed by atoms with E-state index in [2.05, 4.69) is 4.74 Å². The third-order valence-electron chi connectivity index (χ3n) is 5.84. The Hall–Kier alpha value is -3.49. The number of hydrogen-bond donors (Lipinski definition) is 2. The van der Waals surface area contributed by atoms with Crippen LogP contribution in [0.5, 0.6) is 11.5 Å². The third-order valence-corrected chi connectivity index (χ3v) is 5.84. The molecule has 0 radical (unpaired) electrons. The molecule has 0 spiro atoms. The fourth-order valence-electron chi connectivity index (χ4n) is 3.89. The summed E-state index contributed by atoms with van der Waals surface area (Å²) in [5, 5.41) is 20.5. The largest absolute Gasteiger partial charge is 0.573 e. The number of aromatic hydroxyl groups is 1. The fourth-order valence-corrected chi connectivity index (χ4v) is 3.89. The lowest BCUT2D eigenvalue weighted by Crippen LogP contribution is -2.38. The minimum Gasteiger partial charge on any atom is -0.508 e. The summed E-state index contributed by atoms with van der Waals surface area (Å²) in [5.74, 6) is -2.55. The Labute approximate surface area is 181 Å². The molecule has 170 valence electrons. The Morgan fingerprint density at radius 3 is 2.16 bits per heavy atom. The van der Waals surface area contributed by atoms with Gasteiger partial charge in [-0.15, -0.1) is 13.2 Å². The van der Waals surface area contributed by atoms with Gasteiger partial charge >= 0.3 is 12.3 Å². The van der Waals surface area contributed by atoms with Crippen molar-refractivity contribution in [3.05, 3.63) is 59.3 Å². The Kier molecular flexibility index (Phi) is 5.71. The summed E-state index contributed by atoms with van der Waals surface area (Å²) in [5.41, 5.74) is -0.155. The average Bonchev–Trinajstić information content (AvgIpc) is 2.97.